The lowest BCUT2D eigenvalue weighted by atomic mass is 9.94. The molecule has 2 rings (SSSR count). The molecule has 1 fully saturated rings. The van der Waals surface area contributed by atoms with E-state index in [-0.39, 0.29) is 6.04 Å². The molecule has 1 aromatic carbocycles. The van der Waals surface area contributed by atoms with Crippen LogP contribution in [0.5, 0.6) is 0 Å². The predicted octanol–water partition coefficient (Wildman–Crippen LogP) is 2.87. The normalized spacial score (nSPS) is 18.6. The number of para-hydroxylation sites is 1. The van der Waals surface area contributed by atoms with E-state index >= 15 is 0 Å². The van der Waals surface area contributed by atoms with Crippen molar-refractivity contribution in [1.82, 2.24) is 4.90 Å². The molecule has 20 heavy (non-hydrogen) atoms. The van der Waals surface area contributed by atoms with Gasteiger partial charge in [-0.05, 0) is 50.9 Å². The Kier molecular flexibility index (Phi) is 5.44. The van der Waals surface area contributed by atoms with E-state index in [1.165, 1.54) is 30.6 Å². The molecule has 1 saturated heterocycles. The average molecular weight is 275 g/mol. The van der Waals surface area contributed by atoms with Crippen LogP contribution in [0, 0.1) is 5.92 Å². The number of hydrogen-bond acceptors (Lipinski definition) is 3. The van der Waals surface area contributed by atoms with E-state index in [0.29, 0.717) is 0 Å². The third-order valence-corrected chi connectivity index (χ3v) is 4.35. The Morgan fingerprint density at radius 2 is 1.90 bits per heavy atom. The Balaban J connectivity index is 2.03. The molecule has 3 nitrogen and oxygen atoms in total. The lowest BCUT2D eigenvalue weighted by molar-refractivity contribution is 0.285. The monoisotopic (exact) mass is 275 g/mol. The van der Waals surface area contributed by atoms with Crippen LogP contribution < -0.4 is 10.6 Å². The maximum Gasteiger partial charge on any atom is 0.0414 e. The first-order chi connectivity index (χ1) is 9.61. The van der Waals surface area contributed by atoms with E-state index in [1.807, 2.05) is 0 Å². The summed E-state index contributed by atoms with van der Waals surface area (Å²) in [6, 6.07) is 8.82. The van der Waals surface area contributed by atoms with Gasteiger partial charge in [0.1, 0.15) is 0 Å². The quantitative estimate of drug-likeness (QED) is 0.897. The molecular weight excluding hydrogens is 246 g/mol. The van der Waals surface area contributed by atoms with E-state index in [2.05, 4.69) is 55.1 Å². The van der Waals surface area contributed by atoms with Crippen molar-refractivity contribution in [2.24, 2.45) is 11.7 Å². The summed E-state index contributed by atoms with van der Waals surface area (Å²) in [6.07, 6.45) is 3.57. The summed E-state index contributed by atoms with van der Waals surface area (Å²) in [6.45, 7) is 5.69. The molecule has 0 unspecified atom stereocenters. The second-order valence-corrected chi connectivity index (χ2v) is 6.27. The maximum absolute atomic E-state index is 6.26. The minimum atomic E-state index is 0.158. The first-order valence-corrected chi connectivity index (χ1v) is 7.86. The van der Waals surface area contributed by atoms with Crippen LogP contribution in [0.3, 0.4) is 0 Å². The summed E-state index contributed by atoms with van der Waals surface area (Å²) < 4.78 is 0. The summed E-state index contributed by atoms with van der Waals surface area (Å²) in [5, 5.41) is 0. The summed E-state index contributed by atoms with van der Waals surface area (Å²) in [5.41, 5.74) is 8.92. The van der Waals surface area contributed by atoms with E-state index < -0.39 is 0 Å². The van der Waals surface area contributed by atoms with Crippen LogP contribution in [0.2, 0.25) is 0 Å². The zero-order valence-electron chi connectivity index (χ0n) is 13.2. The van der Waals surface area contributed by atoms with E-state index in [9.17, 15) is 0 Å². The molecule has 1 aromatic rings. The summed E-state index contributed by atoms with van der Waals surface area (Å²) in [5.74, 6) is 0.841. The Morgan fingerprint density at radius 1 is 1.25 bits per heavy atom. The Labute approximate surface area is 123 Å². The highest BCUT2D eigenvalue weighted by atomic mass is 15.1. The third kappa shape index (κ3) is 3.74. The Morgan fingerprint density at radius 3 is 2.50 bits per heavy atom. The largest absolute Gasteiger partial charge is 0.371 e. The van der Waals surface area contributed by atoms with Crippen molar-refractivity contribution in [3.05, 3.63) is 29.8 Å². The lowest BCUT2D eigenvalue weighted by Gasteiger charge is -2.36. The second-order valence-electron chi connectivity index (χ2n) is 6.27. The van der Waals surface area contributed by atoms with Crippen LogP contribution in [0.1, 0.15) is 37.8 Å². The lowest BCUT2D eigenvalue weighted by Crippen LogP contribution is -2.37. The molecule has 2 N–H and O–H groups in total. The topological polar surface area (TPSA) is 32.5 Å². The molecule has 1 heterocycles. The number of anilines is 1. The van der Waals surface area contributed by atoms with Gasteiger partial charge in [-0.2, -0.15) is 0 Å². The number of piperidine rings is 1. The maximum atomic E-state index is 6.26. The van der Waals surface area contributed by atoms with Crippen molar-refractivity contribution in [3.8, 4) is 0 Å². The Bertz CT molecular complexity index is 408. The fraction of sp³-hybridized carbons (Fsp3) is 0.647. The highest BCUT2D eigenvalue weighted by molar-refractivity contribution is 5.55. The Hall–Kier alpha value is -1.06. The minimum absolute atomic E-state index is 0.158. The van der Waals surface area contributed by atoms with Gasteiger partial charge >= 0.3 is 0 Å². The summed E-state index contributed by atoms with van der Waals surface area (Å²) in [4.78, 5) is 4.83. The molecule has 0 aromatic heterocycles. The molecule has 1 aliphatic rings. The van der Waals surface area contributed by atoms with Crippen LogP contribution in [0.15, 0.2) is 24.3 Å². The van der Waals surface area contributed by atoms with Gasteiger partial charge in [-0.25, -0.2) is 0 Å². The van der Waals surface area contributed by atoms with Crippen molar-refractivity contribution in [2.75, 3.05) is 38.6 Å². The van der Waals surface area contributed by atoms with Gasteiger partial charge < -0.3 is 15.5 Å². The van der Waals surface area contributed by atoms with E-state index in [0.717, 1.165) is 25.4 Å². The average Bonchev–Trinajstić information content (AvgIpc) is 2.46. The van der Waals surface area contributed by atoms with Gasteiger partial charge in [0.25, 0.3) is 0 Å². The summed E-state index contributed by atoms with van der Waals surface area (Å²) in [7, 11) is 4.34. The van der Waals surface area contributed by atoms with Crippen LogP contribution in [-0.2, 0) is 0 Å². The minimum Gasteiger partial charge on any atom is -0.371 e. The molecule has 0 bridgehead atoms. The molecule has 112 valence electrons. The van der Waals surface area contributed by atoms with Gasteiger partial charge in [-0.15, -0.1) is 0 Å². The fourth-order valence-electron chi connectivity index (χ4n) is 3.18. The predicted molar refractivity (Wildman–Crippen MR) is 87.2 cm³/mol. The zero-order chi connectivity index (χ0) is 14.5. The van der Waals surface area contributed by atoms with Gasteiger partial charge in [0.2, 0.25) is 0 Å². The highest BCUT2D eigenvalue weighted by Crippen LogP contribution is 2.30. The van der Waals surface area contributed by atoms with Crippen molar-refractivity contribution >= 4 is 5.69 Å². The first kappa shape index (κ1) is 15.3. The molecule has 0 radical (unpaired) electrons. The van der Waals surface area contributed by atoms with Gasteiger partial charge in [0, 0.05) is 31.4 Å². The number of rotatable bonds is 5. The van der Waals surface area contributed by atoms with Gasteiger partial charge in [-0.3, -0.25) is 0 Å². The van der Waals surface area contributed by atoms with Crippen molar-refractivity contribution in [1.29, 1.82) is 0 Å². The van der Waals surface area contributed by atoms with Gasteiger partial charge in [0.15, 0.2) is 0 Å². The molecule has 0 spiro atoms. The molecule has 1 atom stereocenters. The van der Waals surface area contributed by atoms with Crippen LogP contribution in [0.4, 0.5) is 5.69 Å². The van der Waals surface area contributed by atoms with Crippen molar-refractivity contribution in [2.45, 2.75) is 32.2 Å². The fourth-order valence-corrected chi connectivity index (χ4v) is 3.18. The third-order valence-electron chi connectivity index (χ3n) is 4.35. The van der Waals surface area contributed by atoms with Gasteiger partial charge in [0.05, 0.1) is 0 Å². The van der Waals surface area contributed by atoms with Crippen molar-refractivity contribution < 1.29 is 0 Å². The molecule has 3 heteroatoms. The molecular formula is C17H29N3. The van der Waals surface area contributed by atoms with Crippen LogP contribution in [-0.4, -0.2) is 38.6 Å². The van der Waals surface area contributed by atoms with Crippen molar-refractivity contribution in [3.63, 3.8) is 0 Å². The van der Waals surface area contributed by atoms with E-state index in [1.54, 1.807) is 0 Å². The second kappa shape index (κ2) is 7.09. The standard InChI is InChI=1S/C17H29N3/c1-4-16(18)15-7-5-6-8-17(15)20-11-9-14(10-12-20)13-19(2)3/h5-8,14,16H,4,9-13,18H2,1-3H3/t16-/m0/s1. The molecule has 0 amide bonds. The number of nitrogens with two attached hydrogens (primary N) is 1. The van der Waals surface area contributed by atoms with Crippen LogP contribution >= 0.6 is 0 Å². The number of hydrogen-bond donors (Lipinski definition) is 1. The highest BCUT2D eigenvalue weighted by Gasteiger charge is 2.22. The summed E-state index contributed by atoms with van der Waals surface area (Å²) >= 11 is 0. The number of nitrogens with zero attached hydrogens (tertiary/aromatic N) is 2. The first-order valence-electron chi connectivity index (χ1n) is 7.86. The number of benzene rings is 1. The molecule has 1 aliphatic heterocycles. The van der Waals surface area contributed by atoms with E-state index in [4.69, 9.17) is 5.73 Å². The van der Waals surface area contributed by atoms with Crippen LogP contribution in [0.25, 0.3) is 0 Å². The zero-order valence-corrected chi connectivity index (χ0v) is 13.2. The molecule has 0 saturated carbocycles. The SMILES string of the molecule is CC[C@H](N)c1ccccc1N1CCC(CN(C)C)CC1. The molecule has 0 aliphatic carbocycles. The van der Waals surface area contributed by atoms with Gasteiger partial charge in [-0.1, -0.05) is 25.1 Å². The smallest absolute Gasteiger partial charge is 0.0414 e.